The van der Waals surface area contributed by atoms with E-state index in [9.17, 15) is 4.39 Å². The molecule has 2 heterocycles. The number of rotatable bonds is 3. The van der Waals surface area contributed by atoms with Gasteiger partial charge in [0.1, 0.15) is 12.0 Å². The van der Waals surface area contributed by atoms with Crippen LogP contribution in [0.5, 0.6) is 0 Å². The Morgan fingerprint density at radius 1 is 1.25 bits per heavy atom. The Morgan fingerprint density at radius 3 is 2.85 bits per heavy atom. The van der Waals surface area contributed by atoms with Gasteiger partial charge in [0.05, 0.1) is 11.6 Å². The van der Waals surface area contributed by atoms with Crippen molar-refractivity contribution in [3.8, 4) is 5.69 Å². The van der Waals surface area contributed by atoms with Gasteiger partial charge in [0.15, 0.2) is 11.5 Å². The SMILES string of the molecule is CC(C)Nc1ccc(-n2ncc3cncnc32)c(F)c1. The van der Waals surface area contributed by atoms with E-state index in [1.807, 2.05) is 19.9 Å². The summed E-state index contributed by atoms with van der Waals surface area (Å²) in [5.74, 6) is -0.348. The van der Waals surface area contributed by atoms with Crippen LogP contribution < -0.4 is 5.32 Å². The molecule has 0 atom stereocenters. The number of hydrogen-bond donors (Lipinski definition) is 1. The summed E-state index contributed by atoms with van der Waals surface area (Å²) in [5.41, 5.74) is 1.70. The van der Waals surface area contributed by atoms with Gasteiger partial charge in [0.25, 0.3) is 0 Å². The number of benzene rings is 1. The van der Waals surface area contributed by atoms with Crippen LogP contribution in [-0.2, 0) is 0 Å². The third-order valence-electron chi connectivity index (χ3n) is 2.86. The number of hydrogen-bond acceptors (Lipinski definition) is 4. The van der Waals surface area contributed by atoms with Crippen molar-refractivity contribution in [3.63, 3.8) is 0 Å². The molecule has 5 nitrogen and oxygen atoms in total. The number of anilines is 1. The number of nitrogens with one attached hydrogen (secondary N) is 1. The summed E-state index contributed by atoms with van der Waals surface area (Å²) < 4.78 is 15.7. The molecule has 0 saturated heterocycles. The lowest BCUT2D eigenvalue weighted by Gasteiger charge is -2.11. The molecule has 0 aliphatic heterocycles. The van der Waals surface area contributed by atoms with E-state index < -0.39 is 0 Å². The molecule has 0 spiro atoms. The highest BCUT2D eigenvalue weighted by atomic mass is 19.1. The average Bonchev–Trinajstić information content (AvgIpc) is 2.82. The highest BCUT2D eigenvalue weighted by Gasteiger charge is 2.11. The largest absolute Gasteiger partial charge is 0.383 e. The standard InChI is InChI=1S/C14H14FN5/c1-9(2)19-11-3-4-13(12(15)5-11)20-14-10(7-18-20)6-16-8-17-14/h3-9,19H,1-2H3. The summed E-state index contributed by atoms with van der Waals surface area (Å²) in [6.45, 7) is 4.01. The molecule has 3 rings (SSSR count). The normalized spacial score (nSPS) is 11.2. The monoisotopic (exact) mass is 271 g/mol. The average molecular weight is 271 g/mol. The van der Waals surface area contributed by atoms with Gasteiger partial charge in [-0.05, 0) is 32.0 Å². The fraction of sp³-hybridized carbons (Fsp3) is 0.214. The van der Waals surface area contributed by atoms with E-state index in [-0.39, 0.29) is 11.9 Å². The van der Waals surface area contributed by atoms with Crippen LogP contribution in [0.25, 0.3) is 16.7 Å². The highest BCUT2D eigenvalue weighted by molar-refractivity contribution is 5.75. The zero-order chi connectivity index (χ0) is 14.1. The summed E-state index contributed by atoms with van der Waals surface area (Å²) in [5, 5.41) is 8.11. The molecule has 0 fully saturated rings. The first-order chi connectivity index (χ1) is 9.65. The van der Waals surface area contributed by atoms with E-state index in [1.54, 1.807) is 18.5 Å². The molecule has 1 aromatic carbocycles. The van der Waals surface area contributed by atoms with Crippen LogP contribution >= 0.6 is 0 Å². The van der Waals surface area contributed by atoms with E-state index in [2.05, 4.69) is 20.4 Å². The molecule has 6 heteroatoms. The van der Waals surface area contributed by atoms with Crippen molar-refractivity contribution in [2.24, 2.45) is 0 Å². The van der Waals surface area contributed by atoms with Crippen molar-refractivity contribution in [2.45, 2.75) is 19.9 Å². The number of nitrogens with zero attached hydrogens (tertiary/aromatic N) is 4. The van der Waals surface area contributed by atoms with Crippen molar-refractivity contribution in [3.05, 3.63) is 42.7 Å². The van der Waals surface area contributed by atoms with E-state index in [4.69, 9.17) is 0 Å². The van der Waals surface area contributed by atoms with Gasteiger partial charge in [-0.15, -0.1) is 0 Å². The van der Waals surface area contributed by atoms with Gasteiger partial charge in [-0.3, -0.25) is 0 Å². The predicted molar refractivity (Wildman–Crippen MR) is 75.4 cm³/mol. The van der Waals surface area contributed by atoms with Crippen molar-refractivity contribution < 1.29 is 4.39 Å². The summed E-state index contributed by atoms with van der Waals surface area (Å²) in [6, 6.07) is 5.23. The molecule has 0 aliphatic rings. The first-order valence-corrected chi connectivity index (χ1v) is 6.35. The first kappa shape index (κ1) is 12.5. The third kappa shape index (κ3) is 2.20. The zero-order valence-corrected chi connectivity index (χ0v) is 11.2. The van der Waals surface area contributed by atoms with E-state index in [0.717, 1.165) is 11.1 Å². The van der Waals surface area contributed by atoms with Crippen LogP contribution in [0.1, 0.15) is 13.8 Å². The fourth-order valence-corrected chi connectivity index (χ4v) is 2.05. The third-order valence-corrected chi connectivity index (χ3v) is 2.86. The predicted octanol–water partition coefficient (Wildman–Crippen LogP) is 2.77. The van der Waals surface area contributed by atoms with Crippen molar-refractivity contribution in [2.75, 3.05) is 5.32 Å². The summed E-state index contributed by atoms with van der Waals surface area (Å²) >= 11 is 0. The van der Waals surface area contributed by atoms with Crippen LogP contribution in [0.4, 0.5) is 10.1 Å². The minimum Gasteiger partial charge on any atom is -0.383 e. The number of aromatic nitrogens is 4. The maximum absolute atomic E-state index is 14.2. The van der Waals surface area contributed by atoms with Crippen LogP contribution in [0.15, 0.2) is 36.9 Å². The Labute approximate surface area is 115 Å². The molecule has 0 aliphatic carbocycles. The molecular formula is C14H14FN5. The van der Waals surface area contributed by atoms with Gasteiger partial charge in [0, 0.05) is 17.9 Å². The smallest absolute Gasteiger partial charge is 0.166 e. The number of fused-ring (bicyclic) bond motifs is 1. The van der Waals surface area contributed by atoms with Gasteiger partial charge in [0.2, 0.25) is 0 Å². The molecule has 2 aromatic heterocycles. The Morgan fingerprint density at radius 2 is 2.10 bits per heavy atom. The van der Waals surface area contributed by atoms with Gasteiger partial charge in [-0.2, -0.15) is 5.10 Å². The molecule has 0 bridgehead atoms. The second-order valence-electron chi connectivity index (χ2n) is 4.82. The van der Waals surface area contributed by atoms with Gasteiger partial charge < -0.3 is 5.32 Å². The minimum absolute atomic E-state index is 0.249. The Kier molecular flexibility index (Phi) is 3.06. The summed E-state index contributed by atoms with van der Waals surface area (Å²) in [7, 11) is 0. The Bertz CT molecular complexity index is 750. The topological polar surface area (TPSA) is 55.6 Å². The van der Waals surface area contributed by atoms with Crippen molar-refractivity contribution in [1.82, 2.24) is 19.7 Å². The van der Waals surface area contributed by atoms with Crippen LogP contribution in [0.3, 0.4) is 0 Å². The molecule has 0 amide bonds. The highest BCUT2D eigenvalue weighted by Crippen LogP contribution is 2.21. The van der Waals surface area contributed by atoms with Crippen LogP contribution in [-0.4, -0.2) is 25.8 Å². The van der Waals surface area contributed by atoms with Gasteiger partial charge >= 0.3 is 0 Å². The molecule has 0 radical (unpaired) electrons. The zero-order valence-electron chi connectivity index (χ0n) is 11.2. The molecule has 20 heavy (non-hydrogen) atoms. The maximum Gasteiger partial charge on any atom is 0.166 e. The second kappa shape index (κ2) is 4.88. The second-order valence-corrected chi connectivity index (χ2v) is 4.82. The van der Waals surface area contributed by atoms with E-state index >= 15 is 0 Å². The lowest BCUT2D eigenvalue weighted by atomic mass is 10.2. The lowest BCUT2D eigenvalue weighted by molar-refractivity contribution is 0.612. The Balaban J connectivity index is 2.06. The van der Waals surface area contributed by atoms with E-state index in [0.29, 0.717) is 11.3 Å². The van der Waals surface area contributed by atoms with Crippen LogP contribution in [0.2, 0.25) is 0 Å². The lowest BCUT2D eigenvalue weighted by Crippen LogP contribution is -2.10. The quantitative estimate of drug-likeness (QED) is 0.795. The van der Waals surface area contributed by atoms with Gasteiger partial charge in [-0.1, -0.05) is 0 Å². The first-order valence-electron chi connectivity index (χ1n) is 6.35. The molecule has 1 N–H and O–H groups in total. The minimum atomic E-state index is -0.348. The molecular weight excluding hydrogens is 257 g/mol. The number of halogens is 1. The van der Waals surface area contributed by atoms with E-state index in [1.165, 1.54) is 17.1 Å². The molecule has 0 saturated carbocycles. The van der Waals surface area contributed by atoms with Gasteiger partial charge in [-0.25, -0.2) is 19.0 Å². The maximum atomic E-state index is 14.2. The Hall–Kier alpha value is -2.50. The molecule has 3 aromatic rings. The summed E-state index contributed by atoms with van der Waals surface area (Å²) in [4.78, 5) is 8.06. The fourth-order valence-electron chi connectivity index (χ4n) is 2.05. The van der Waals surface area contributed by atoms with Crippen LogP contribution in [0, 0.1) is 5.82 Å². The molecule has 0 unspecified atom stereocenters. The molecule has 102 valence electrons. The van der Waals surface area contributed by atoms with Crippen molar-refractivity contribution >= 4 is 16.7 Å². The summed E-state index contributed by atoms with van der Waals surface area (Å²) in [6.07, 6.45) is 4.70. The van der Waals surface area contributed by atoms with Crippen molar-refractivity contribution in [1.29, 1.82) is 0 Å².